The number of carbonyl (C=O) groups is 3. The van der Waals surface area contributed by atoms with E-state index in [2.05, 4.69) is 0 Å². The molecule has 0 aliphatic carbocycles. The van der Waals surface area contributed by atoms with Crippen LogP contribution in [0, 0.1) is 23.0 Å². The first kappa shape index (κ1) is 23.6. The van der Waals surface area contributed by atoms with Crippen molar-refractivity contribution in [3.8, 4) is 11.5 Å². The summed E-state index contributed by atoms with van der Waals surface area (Å²) in [7, 11) is 0. The molecule has 1 aliphatic heterocycles. The number of benzene rings is 3. The Hall–Kier alpha value is -4.53. The zero-order chi connectivity index (χ0) is 24.9. The SMILES string of the molecule is Cc1ccc(Oc2ccc(N3C[C@@H](C(=O)OCC(=O)c4ccc([N+](=O)[O-])cc4)CC3=O)cc2)cc1. The Labute approximate surface area is 201 Å². The van der Waals surface area contributed by atoms with E-state index < -0.39 is 29.2 Å². The Morgan fingerprint density at radius 3 is 2.17 bits per heavy atom. The van der Waals surface area contributed by atoms with E-state index in [0.717, 1.165) is 5.56 Å². The molecule has 1 saturated heterocycles. The van der Waals surface area contributed by atoms with E-state index in [0.29, 0.717) is 17.2 Å². The van der Waals surface area contributed by atoms with E-state index >= 15 is 0 Å². The molecule has 3 aromatic rings. The molecule has 9 heteroatoms. The Morgan fingerprint density at radius 1 is 0.971 bits per heavy atom. The molecular formula is C26H22N2O7. The first-order valence-corrected chi connectivity index (χ1v) is 10.9. The van der Waals surface area contributed by atoms with Crippen molar-refractivity contribution >= 4 is 29.0 Å². The number of nitrogens with zero attached hydrogens (tertiary/aromatic N) is 2. The van der Waals surface area contributed by atoms with Crippen molar-refractivity contribution in [2.45, 2.75) is 13.3 Å². The predicted octanol–water partition coefficient (Wildman–Crippen LogP) is 4.47. The number of esters is 1. The van der Waals surface area contributed by atoms with E-state index in [4.69, 9.17) is 9.47 Å². The molecule has 9 nitrogen and oxygen atoms in total. The number of non-ortho nitro benzene ring substituents is 1. The highest BCUT2D eigenvalue weighted by Crippen LogP contribution is 2.29. The molecule has 0 N–H and O–H groups in total. The van der Waals surface area contributed by atoms with Gasteiger partial charge in [-0.1, -0.05) is 17.7 Å². The molecule has 35 heavy (non-hydrogen) atoms. The third kappa shape index (κ3) is 5.70. The first-order valence-electron chi connectivity index (χ1n) is 10.9. The van der Waals surface area contributed by atoms with Gasteiger partial charge in [0, 0.05) is 36.3 Å². The minimum absolute atomic E-state index is 0.0217. The van der Waals surface area contributed by atoms with Crippen molar-refractivity contribution in [2.75, 3.05) is 18.1 Å². The number of carbonyl (C=O) groups excluding carboxylic acids is 3. The second kappa shape index (κ2) is 10.2. The minimum atomic E-state index is -0.698. The molecule has 1 heterocycles. The lowest BCUT2D eigenvalue weighted by atomic mass is 10.1. The summed E-state index contributed by atoms with van der Waals surface area (Å²) < 4.78 is 10.9. The zero-order valence-corrected chi connectivity index (χ0v) is 18.9. The Balaban J connectivity index is 1.31. The van der Waals surface area contributed by atoms with Crippen molar-refractivity contribution in [3.05, 3.63) is 94.0 Å². The van der Waals surface area contributed by atoms with Crippen LogP contribution < -0.4 is 9.64 Å². The van der Waals surface area contributed by atoms with E-state index in [-0.39, 0.29) is 30.1 Å². The van der Waals surface area contributed by atoms with Crippen LogP contribution in [0.15, 0.2) is 72.8 Å². The average Bonchev–Trinajstić information content (AvgIpc) is 3.26. The van der Waals surface area contributed by atoms with E-state index in [9.17, 15) is 24.5 Å². The van der Waals surface area contributed by atoms with Crippen LogP contribution in [0.5, 0.6) is 11.5 Å². The van der Waals surface area contributed by atoms with Crippen molar-refractivity contribution in [3.63, 3.8) is 0 Å². The van der Waals surface area contributed by atoms with Gasteiger partial charge in [-0.25, -0.2) is 0 Å². The minimum Gasteiger partial charge on any atom is -0.457 e. The molecule has 0 saturated carbocycles. The molecule has 0 radical (unpaired) electrons. The molecule has 1 atom stereocenters. The predicted molar refractivity (Wildman–Crippen MR) is 127 cm³/mol. The Kier molecular flexibility index (Phi) is 6.86. The maximum Gasteiger partial charge on any atom is 0.311 e. The summed E-state index contributed by atoms with van der Waals surface area (Å²) in [5.74, 6) is -0.734. The highest BCUT2D eigenvalue weighted by atomic mass is 16.6. The Bertz CT molecular complexity index is 1250. The number of hydrogen-bond acceptors (Lipinski definition) is 7. The van der Waals surface area contributed by atoms with E-state index in [1.807, 2.05) is 31.2 Å². The third-order valence-electron chi connectivity index (χ3n) is 5.61. The van der Waals surface area contributed by atoms with Crippen molar-refractivity contribution in [2.24, 2.45) is 5.92 Å². The number of rotatable bonds is 8. The Morgan fingerprint density at radius 2 is 1.57 bits per heavy atom. The molecule has 1 amide bonds. The number of aryl methyl sites for hydroxylation is 1. The summed E-state index contributed by atoms with van der Waals surface area (Å²) in [4.78, 5) is 48.9. The number of amides is 1. The van der Waals surface area contributed by atoms with Gasteiger partial charge in [-0.2, -0.15) is 0 Å². The van der Waals surface area contributed by atoms with Gasteiger partial charge in [0.1, 0.15) is 11.5 Å². The van der Waals surface area contributed by atoms with Crippen LogP contribution in [-0.2, 0) is 14.3 Å². The summed E-state index contributed by atoms with van der Waals surface area (Å²) in [6.07, 6.45) is -0.0217. The lowest BCUT2D eigenvalue weighted by molar-refractivity contribution is -0.384. The maximum absolute atomic E-state index is 12.5. The summed E-state index contributed by atoms with van der Waals surface area (Å²) in [5.41, 5.74) is 1.81. The fourth-order valence-electron chi connectivity index (χ4n) is 3.66. The lowest BCUT2D eigenvalue weighted by Crippen LogP contribution is -2.27. The quantitative estimate of drug-likeness (QED) is 0.205. The lowest BCUT2D eigenvalue weighted by Gasteiger charge is -2.17. The van der Waals surface area contributed by atoms with Gasteiger partial charge in [-0.05, 0) is 55.5 Å². The molecule has 0 bridgehead atoms. The van der Waals surface area contributed by atoms with Gasteiger partial charge in [0.15, 0.2) is 12.4 Å². The molecule has 0 unspecified atom stereocenters. The topological polar surface area (TPSA) is 116 Å². The summed E-state index contributed by atoms with van der Waals surface area (Å²) >= 11 is 0. The molecule has 1 aliphatic rings. The molecule has 0 aromatic heterocycles. The zero-order valence-electron chi connectivity index (χ0n) is 18.9. The molecule has 0 spiro atoms. The van der Waals surface area contributed by atoms with Gasteiger partial charge in [-0.3, -0.25) is 24.5 Å². The highest BCUT2D eigenvalue weighted by Gasteiger charge is 2.36. The van der Waals surface area contributed by atoms with Crippen molar-refractivity contribution in [1.29, 1.82) is 0 Å². The number of anilines is 1. The molecule has 4 rings (SSSR count). The second-order valence-electron chi connectivity index (χ2n) is 8.15. The van der Waals surface area contributed by atoms with Gasteiger partial charge < -0.3 is 14.4 Å². The van der Waals surface area contributed by atoms with Crippen molar-refractivity contribution in [1.82, 2.24) is 0 Å². The van der Waals surface area contributed by atoms with Crippen molar-refractivity contribution < 1.29 is 28.8 Å². The van der Waals surface area contributed by atoms with Crippen LogP contribution in [0.25, 0.3) is 0 Å². The summed E-state index contributed by atoms with van der Waals surface area (Å²) in [5, 5.41) is 10.7. The molecular weight excluding hydrogens is 452 g/mol. The normalized spacial score (nSPS) is 15.1. The van der Waals surface area contributed by atoms with Gasteiger partial charge in [-0.15, -0.1) is 0 Å². The first-order chi connectivity index (χ1) is 16.8. The van der Waals surface area contributed by atoms with Crippen LogP contribution in [0.1, 0.15) is 22.3 Å². The van der Waals surface area contributed by atoms with Crippen LogP contribution in [0.4, 0.5) is 11.4 Å². The van der Waals surface area contributed by atoms with E-state index in [1.165, 1.54) is 29.2 Å². The van der Waals surface area contributed by atoms with Crippen LogP contribution >= 0.6 is 0 Å². The fourth-order valence-corrected chi connectivity index (χ4v) is 3.66. The number of Topliss-reactive ketones (excluding diaryl/α,β-unsaturated/α-hetero) is 1. The monoisotopic (exact) mass is 474 g/mol. The van der Waals surface area contributed by atoms with Gasteiger partial charge >= 0.3 is 5.97 Å². The number of nitro benzene ring substituents is 1. The molecule has 3 aromatic carbocycles. The van der Waals surface area contributed by atoms with Gasteiger partial charge in [0.2, 0.25) is 5.91 Å². The molecule has 178 valence electrons. The third-order valence-corrected chi connectivity index (χ3v) is 5.61. The molecule has 1 fully saturated rings. The maximum atomic E-state index is 12.5. The van der Waals surface area contributed by atoms with Gasteiger partial charge in [0.05, 0.1) is 10.8 Å². The smallest absolute Gasteiger partial charge is 0.311 e. The number of ketones is 1. The van der Waals surface area contributed by atoms with Gasteiger partial charge in [0.25, 0.3) is 5.69 Å². The summed E-state index contributed by atoms with van der Waals surface area (Å²) in [6.45, 7) is 1.62. The second-order valence-corrected chi connectivity index (χ2v) is 8.15. The average molecular weight is 474 g/mol. The number of nitro groups is 1. The standard InChI is InChI=1S/C26H22N2O7/c1-17-2-10-22(11-3-17)35-23-12-8-20(9-13-23)27-15-19(14-25(27)30)26(31)34-16-24(29)18-4-6-21(7-5-18)28(32)33/h2-13,19H,14-16H2,1H3/t19-/m0/s1. The van der Waals surface area contributed by atoms with Crippen LogP contribution in [-0.4, -0.2) is 35.7 Å². The van der Waals surface area contributed by atoms with Crippen LogP contribution in [0.2, 0.25) is 0 Å². The highest BCUT2D eigenvalue weighted by molar-refractivity contribution is 6.01. The summed E-state index contributed by atoms with van der Waals surface area (Å²) in [6, 6.07) is 19.7. The number of hydrogen-bond donors (Lipinski definition) is 0. The van der Waals surface area contributed by atoms with Crippen LogP contribution in [0.3, 0.4) is 0 Å². The largest absolute Gasteiger partial charge is 0.457 e. The fraction of sp³-hybridized carbons (Fsp3) is 0.192. The van der Waals surface area contributed by atoms with E-state index in [1.54, 1.807) is 24.3 Å². The number of ether oxygens (including phenoxy) is 2.